The van der Waals surface area contributed by atoms with Gasteiger partial charge in [0.1, 0.15) is 16.4 Å². The number of esters is 1. The normalized spacial score (nSPS) is 24.6. The lowest BCUT2D eigenvalue weighted by atomic mass is 10.1. The number of hydrogen-bond donors (Lipinski definition) is 2. The average Bonchev–Trinajstić information content (AvgIpc) is 3.40. The van der Waals surface area contributed by atoms with Crippen LogP contribution in [0.3, 0.4) is 0 Å². The van der Waals surface area contributed by atoms with Crippen LogP contribution in [0.15, 0.2) is 24.3 Å². The van der Waals surface area contributed by atoms with E-state index in [1.807, 2.05) is 19.9 Å². The van der Waals surface area contributed by atoms with E-state index in [-0.39, 0.29) is 29.8 Å². The van der Waals surface area contributed by atoms with Crippen LogP contribution < -0.4 is 15.4 Å². The van der Waals surface area contributed by atoms with Crippen molar-refractivity contribution in [2.24, 2.45) is 5.92 Å². The number of nitrogens with zero attached hydrogens (tertiary/aromatic N) is 2. The highest BCUT2D eigenvalue weighted by Crippen LogP contribution is 2.58. The molecule has 2 amide bonds. The number of anilines is 1. The standard InChI is InChI=1S/C22H28N4O5S/c1-4-24-20(28)14(12-23)9-18-26(5-2)21(29)22(32-18)11-17(22)25-15-7-6-8-16(10-15)31-13-19(27)30-3/h6-8,10,14,17-18,25H,4-5,9,11,13H2,1-3H3,(H,24,28). The molecule has 4 atom stereocenters. The highest BCUT2D eigenvalue weighted by atomic mass is 32.2. The maximum atomic E-state index is 13.2. The SMILES string of the molecule is CCNC(=O)C(C#N)CC1SC2(CC2Nc2cccc(OCC(=O)OC)c2)C(=O)N1CC. The minimum atomic E-state index is -0.793. The molecule has 10 heteroatoms. The Labute approximate surface area is 191 Å². The van der Waals surface area contributed by atoms with Crippen LogP contribution in [0.1, 0.15) is 26.7 Å². The second-order valence-electron chi connectivity index (χ2n) is 7.66. The van der Waals surface area contributed by atoms with E-state index in [4.69, 9.17) is 4.74 Å². The summed E-state index contributed by atoms with van der Waals surface area (Å²) in [7, 11) is 1.30. The van der Waals surface area contributed by atoms with Gasteiger partial charge in [-0.3, -0.25) is 9.59 Å². The molecular weight excluding hydrogens is 432 g/mol. The van der Waals surface area contributed by atoms with Crippen LogP contribution in [0.2, 0.25) is 0 Å². The van der Waals surface area contributed by atoms with Crippen molar-refractivity contribution in [1.29, 1.82) is 5.26 Å². The van der Waals surface area contributed by atoms with Gasteiger partial charge in [0.2, 0.25) is 11.8 Å². The number of nitrogens with one attached hydrogen (secondary N) is 2. The Morgan fingerprint density at radius 3 is 2.84 bits per heavy atom. The van der Waals surface area contributed by atoms with E-state index < -0.39 is 16.6 Å². The van der Waals surface area contributed by atoms with Gasteiger partial charge in [0, 0.05) is 31.3 Å². The molecule has 9 nitrogen and oxygen atoms in total. The summed E-state index contributed by atoms with van der Waals surface area (Å²) in [6.45, 7) is 4.52. The fourth-order valence-corrected chi connectivity index (χ4v) is 5.68. The van der Waals surface area contributed by atoms with Crippen molar-refractivity contribution < 1.29 is 23.9 Å². The van der Waals surface area contributed by atoms with Gasteiger partial charge in [-0.25, -0.2) is 4.79 Å². The van der Waals surface area contributed by atoms with Crippen LogP contribution in [0.4, 0.5) is 5.69 Å². The van der Waals surface area contributed by atoms with Crippen LogP contribution in [-0.4, -0.2) is 65.7 Å². The molecule has 1 aliphatic heterocycles. The zero-order valence-corrected chi connectivity index (χ0v) is 19.2. The highest BCUT2D eigenvalue weighted by molar-refractivity contribution is 8.02. The number of carbonyl (C=O) groups is 3. The van der Waals surface area contributed by atoms with Gasteiger partial charge in [-0.1, -0.05) is 6.07 Å². The molecule has 1 aromatic rings. The zero-order chi connectivity index (χ0) is 23.3. The summed E-state index contributed by atoms with van der Waals surface area (Å²) in [5.41, 5.74) is 0.784. The van der Waals surface area contributed by atoms with E-state index in [1.165, 1.54) is 18.9 Å². The first kappa shape index (κ1) is 23.7. The van der Waals surface area contributed by atoms with E-state index in [0.29, 0.717) is 31.7 Å². The van der Waals surface area contributed by atoms with Crippen LogP contribution in [0.25, 0.3) is 0 Å². The Morgan fingerprint density at radius 2 is 2.19 bits per heavy atom. The number of carbonyl (C=O) groups excluding carboxylic acids is 3. The minimum absolute atomic E-state index is 0.0400. The number of amides is 2. The van der Waals surface area contributed by atoms with E-state index >= 15 is 0 Å². The number of rotatable bonds is 10. The Morgan fingerprint density at radius 1 is 1.41 bits per heavy atom. The van der Waals surface area contributed by atoms with Crippen molar-refractivity contribution in [2.45, 2.75) is 42.9 Å². The van der Waals surface area contributed by atoms with Gasteiger partial charge >= 0.3 is 5.97 Å². The lowest BCUT2D eigenvalue weighted by molar-refractivity contribution is -0.143. The molecule has 1 saturated heterocycles. The monoisotopic (exact) mass is 460 g/mol. The fourth-order valence-electron chi connectivity index (χ4n) is 3.83. The van der Waals surface area contributed by atoms with Gasteiger partial charge in [-0.05, 0) is 32.4 Å². The average molecular weight is 461 g/mol. The van der Waals surface area contributed by atoms with E-state index in [1.54, 1.807) is 23.1 Å². The highest BCUT2D eigenvalue weighted by Gasteiger charge is 2.67. The Balaban J connectivity index is 1.65. The van der Waals surface area contributed by atoms with Crippen molar-refractivity contribution in [1.82, 2.24) is 10.2 Å². The summed E-state index contributed by atoms with van der Waals surface area (Å²) in [5, 5.41) is 15.3. The molecule has 0 radical (unpaired) electrons. The van der Waals surface area contributed by atoms with Crippen LogP contribution >= 0.6 is 11.8 Å². The topological polar surface area (TPSA) is 121 Å². The third-order valence-electron chi connectivity index (χ3n) is 5.59. The summed E-state index contributed by atoms with van der Waals surface area (Å²) in [6, 6.07) is 9.20. The maximum absolute atomic E-state index is 13.2. The number of hydrogen-bond acceptors (Lipinski definition) is 8. The first-order valence-corrected chi connectivity index (χ1v) is 11.5. The Bertz CT molecular complexity index is 920. The molecule has 1 aromatic carbocycles. The summed E-state index contributed by atoms with van der Waals surface area (Å²) in [4.78, 5) is 38.4. The van der Waals surface area contributed by atoms with Crippen molar-refractivity contribution in [3.05, 3.63) is 24.3 Å². The van der Waals surface area contributed by atoms with Crippen LogP contribution in [0, 0.1) is 17.2 Å². The van der Waals surface area contributed by atoms with Crippen LogP contribution in [0.5, 0.6) is 5.75 Å². The van der Waals surface area contributed by atoms with E-state index in [0.717, 1.165) is 5.69 Å². The molecule has 172 valence electrons. The van der Waals surface area contributed by atoms with Crippen molar-refractivity contribution in [3.8, 4) is 11.8 Å². The molecule has 0 aromatic heterocycles. The number of benzene rings is 1. The predicted molar refractivity (Wildman–Crippen MR) is 120 cm³/mol. The number of ether oxygens (including phenoxy) is 2. The minimum Gasteiger partial charge on any atom is -0.482 e. The molecule has 0 bridgehead atoms. The van der Waals surface area contributed by atoms with Gasteiger partial charge in [0.15, 0.2) is 6.61 Å². The summed E-state index contributed by atoms with van der Waals surface area (Å²) in [5.74, 6) is -0.996. The Hall–Kier alpha value is -2.93. The molecule has 1 aliphatic carbocycles. The largest absolute Gasteiger partial charge is 0.482 e. The third-order valence-corrected chi connectivity index (χ3v) is 7.35. The summed E-state index contributed by atoms with van der Waals surface area (Å²) >= 11 is 1.54. The molecule has 1 saturated carbocycles. The molecule has 1 spiro atoms. The second kappa shape index (κ2) is 10.1. The molecule has 32 heavy (non-hydrogen) atoms. The van der Waals surface area contributed by atoms with Crippen molar-refractivity contribution >= 4 is 35.2 Å². The second-order valence-corrected chi connectivity index (χ2v) is 9.17. The number of nitriles is 1. The lowest BCUT2D eigenvalue weighted by Crippen LogP contribution is -2.39. The molecule has 2 fully saturated rings. The Kier molecular flexibility index (Phi) is 7.51. The summed E-state index contributed by atoms with van der Waals surface area (Å²) in [6.07, 6.45) is 0.965. The summed E-state index contributed by atoms with van der Waals surface area (Å²) < 4.78 is 9.41. The van der Waals surface area contributed by atoms with Gasteiger partial charge in [-0.15, -0.1) is 11.8 Å². The van der Waals surface area contributed by atoms with Gasteiger partial charge in [0.25, 0.3) is 0 Å². The number of methoxy groups -OCH3 is 1. The van der Waals surface area contributed by atoms with E-state index in [2.05, 4.69) is 21.4 Å². The molecule has 4 unspecified atom stereocenters. The van der Waals surface area contributed by atoms with Gasteiger partial charge in [-0.2, -0.15) is 5.26 Å². The lowest BCUT2D eigenvalue weighted by Gasteiger charge is -2.23. The molecule has 3 rings (SSSR count). The van der Waals surface area contributed by atoms with Crippen molar-refractivity contribution in [3.63, 3.8) is 0 Å². The maximum Gasteiger partial charge on any atom is 0.343 e. The van der Waals surface area contributed by atoms with Gasteiger partial charge < -0.3 is 25.0 Å². The first-order chi connectivity index (χ1) is 15.4. The molecule has 1 heterocycles. The van der Waals surface area contributed by atoms with Gasteiger partial charge in [0.05, 0.1) is 24.6 Å². The van der Waals surface area contributed by atoms with E-state index in [9.17, 15) is 19.6 Å². The first-order valence-electron chi connectivity index (χ1n) is 10.6. The van der Waals surface area contributed by atoms with Crippen LogP contribution in [-0.2, 0) is 19.1 Å². The van der Waals surface area contributed by atoms with Crippen molar-refractivity contribution in [2.75, 3.05) is 32.1 Å². The third kappa shape index (κ3) is 4.93. The molecular formula is C22H28N4O5S. The quantitative estimate of drug-likeness (QED) is 0.507. The molecule has 2 N–H and O–H groups in total. The predicted octanol–water partition coefficient (Wildman–Crippen LogP) is 1.75. The number of thioether (sulfide) groups is 1. The smallest absolute Gasteiger partial charge is 0.343 e. The zero-order valence-electron chi connectivity index (χ0n) is 18.4. The fraction of sp³-hybridized carbons (Fsp3) is 0.545. The molecule has 2 aliphatic rings.